The summed E-state index contributed by atoms with van der Waals surface area (Å²) in [5.74, 6) is 4.51. The molecule has 5 heteroatoms. The topological polar surface area (TPSA) is 77.2 Å². The van der Waals surface area contributed by atoms with E-state index in [9.17, 15) is 4.79 Å². The van der Waals surface area contributed by atoms with E-state index in [0.717, 1.165) is 5.69 Å². The van der Waals surface area contributed by atoms with Crippen molar-refractivity contribution in [3.05, 3.63) is 30.1 Å². The Labute approximate surface area is 75.9 Å². The molecule has 3 N–H and O–H groups in total. The highest BCUT2D eigenvalue weighted by atomic mass is 16.5. The third-order valence-corrected chi connectivity index (χ3v) is 1.37. The van der Waals surface area contributed by atoms with Gasteiger partial charge < -0.3 is 4.74 Å². The molecule has 0 aliphatic rings. The molecule has 1 amide bonds. The van der Waals surface area contributed by atoms with Crippen molar-refractivity contribution in [3.63, 3.8) is 0 Å². The maximum absolute atomic E-state index is 10.6. The number of ether oxygens (including phenoxy) is 1. The van der Waals surface area contributed by atoms with Crippen LogP contribution in [-0.2, 0) is 16.1 Å². The van der Waals surface area contributed by atoms with Crippen LogP contribution in [0.2, 0.25) is 0 Å². The van der Waals surface area contributed by atoms with E-state index in [-0.39, 0.29) is 12.5 Å². The van der Waals surface area contributed by atoms with Crippen molar-refractivity contribution in [2.75, 3.05) is 6.61 Å². The van der Waals surface area contributed by atoms with Crippen LogP contribution in [0.3, 0.4) is 0 Å². The lowest BCUT2D eigenvalue weighted by molar-refractivity contribution is -0.126. The number of amides is 1. The van der Waals surface area contributed by atoms with Crippen LogP contribution in [0, 0.1) is 0 Å². The van der Waals surface area contributed by atoms with Crippen LogP contribution in [0.5, 0.6) is 0 Å². The molecule has 0 spiro atoms. The molecule has 0 saturated carbocycles. The number of nitrogens with zero attached hydrogens (tertiary/aromatic N) is 1. The number of pyridine rings is 1. The minimum atomic E-state index is -0.351. The first-order valence-corrected chi connectivity index (χ1v) is 3.80. The van der Waals surface area contributed by atoms with Gasteiger partial charge in [-0.3, -0.25) is 15.2 Å². The summed E-state index contributed by atoms with van der Waals surface area (Å²) in [6.07, 6.45) is 1.67. The van der Waals surface area contributed by atoms with E-state index in [0.29, 0.717) is 6.61 Å². The van der Waals surface area contributed by atoms with Crippen LogP contribution >= 0.6 is 0 Å². The van der Waals surface area contributed by atoms with Gasteiger partial charge in [-0.1, -0.05) is 6.07 Å². The van der Waals surface area contributed by atoms with Crippen molar-refractivity contribution in [1.29, 1.82) is 0 Å². The summed E-state index contributed by atoms with van der Waals surface area (Å²) in [6, 6.07) is 5.49. The molecule has 0 fully saturated rings. The summed E-state index contributed by atoms with van der Waals surface area (Å²) < 4.78 is 5.02. The number of nitrogens with one attached hydrogen (secondary N) is 1. The number of hydrogen-bond acceptors (Lipinski definition) is 4. The molecular formula is C8H11N3O2. The second-order valence-corrected chi connectivity index (χ2v) is 2.38. The van der Waals surface area contributed by atoms with E-state index in [1.165, 1.54) is 0 Å². The zero-order valence-electron chi connectivity index (χ0n) is 7.06. The van der Waals surface area contributed by atoms with Crippen molar-refractivity contribution >= 4 is 5.91 Å². The monoisotopic (exact) mass is 181 g/mol. The van der Waals surface area contributed by atoms with Crippen LogP contribution < -0.4 is 11.3 Å². The summed E-state index contributed by atoms with van der Waals surface area (Å²) in [4.78, 5) is 14.6. The average molecular weight is 181 g/mol. The van der Waals surface area contributed by atoms with E-state index in [2.05, 4.69) is 4.98 Å². The molecule has 0 aliphatic heterocycles. The predicted octanol–water partition coefficient (Wildman–Crippen LogP) is -0.412. The third-order valence-electron chi connectivity index (χ3n) is 1.37. The van der Waals surface area contributed by atoms with Gasteiger partial charge in [-0.15, -0.1) is 0 Å². The van der Waals surface area contributed by atoms with Gasteiger partial charge in [0.05, 0.1) is 12.3 Å². The summed E-state index contributed by atoms with van der Waals surface area (Å²) in [7, 11) is 0. The van der Waals surface area contributed by atoms with Crippen LogP contribution in [-0.4, -0.2) is 17.5 Å². The molecule has 1 aromatic rings. The van der Waals surface area contributed by atoms with Gasteiger partial charge in [0, 0.05) is 6.20 Å². The number of carbonyl (C=O) groups is 1. The van der Waals surface area contributed by atoms with Gasteiger partial charge in [0.15, 0.2) is 0 Å². The van der Waals surface area contributed by atoms with E-state index in [1.807, 2.05) is 23.6 Å². The van der Waals surface area contributed by atoms with Gasteiger partial charge in [-0.25, -0.2) is 5.84 Å². The van der Waals surface area contributed by atoms with Crippen molar-refractivity contribution < 1.29 is 9.53 Å². The first-order chi connectivity index (χ1) is 6.33. The summed E-state index contributed by atoms with van der Waals surface area (Å²) in [5, 5.41) is 0. The van der Waals surface area contributed by atoms with Crippen molar-refractivity contribution in [2.45, 2.75) is 6.61 Å². The van der Waals surface area contributed by atoms with E-state index in [4.69, 9.17) is 10.6 Å². The Hall–Kier alpha value is -1.46. The molecule has 0 bridgehead atoms. The molecular weight excluding hydrogens is 170 g/mol. The minimum Gasteiger partial charge on any atom is -0.365 e. The highest BCUT2D eigenvalue weighted by Crippen LogP contribution is 1.94. The van der Waals surface area contributed by atoms with E-state index < -0.39 is 0 Å². The molecule has 13 heavy (non-hydrogen) atoms. The maximum atomic E-state index is 10.6. The second kappa shape index (κ2) is 5.23. The zero-order valence-corrected chi connectivity index (χ0v) is 7.06. The second-order valence-electron chi connectivity index (χ2n) is 2.38. The molecule has 0 unspecified atom stereocenters. The molecule has 1 aromatic heterocycles. The number of carbonyl (C=O) groups excluding carboxylic acids is 1. The van der Waals surface area contributed by atoms with Crippen molar-refractivity contribution in [3.8, 4) is 0 Å². The van der Waals surface area contributed by atoms with Crippen molar-refractivity contribution in [1.82, 2.24) is 10.4 Å². The van der Waals surface area contributed by atoms with Gasteiger partial charge in [-0.2, -0.15) is 0 Å². The van der Waals surface area contributed by atoms with Gasteiger partial charge >= 0.3 is 0 Å². The highest BCUT2D eigenvalue weighted by molar-refractivity contribution is 5.76. The van der Waals surface area contributed by atoms with Gasteiger partial charge in [-0.05, 0) is 12.1 Å². The lowest BCUT2D eigenvalue weighted by Crippen LogP contribution is -2.33. The standard InChI is InChI=1S/C8H11N3O2/c9-11-8(12)6-13-5-7-3-1-2-4-10-7/h1-4H,5-6,9H2,(H,11,12). The van der Waals surface area contributed by atoms with Gasteiger partial charge in [0.2, 0.25) is 0 Å². The van der Waals surface area contributed by atoms with Gasteiger partial charge in [0.1, 0.15) is 6.61 Å². The largest absolute Gasteiger partial charge is 0.365 e. The molecule has 1 heterocycles. The number of hydrogen-bond donors (Lipinski definition) is 2. The first-order valence-electron chi connectivity index (χ1n) is 3.80. The lowest BCUT2D eigenvalue weighted by atomic mass is 10.4. The fourth-order valence-corrected chi connectivity index (χ4v) is 0.773. The lowest BCUT2D eigenvalue weighted by Gasteiger charge is -2.01. The summed E-state index contributed by atoms with van der Waals surface area (Å²) in [6.45, 7) is 0.265. The number of nitrogens with two attached hydrogens (primary N) is 1. The Morgan fingerprint density at radius 3 is 3.08 bits per heavy atom. The molecule has 0 radical (unpaired) electrons. The normalized spacial score (nSPS) is 9.62. The predicted molar refractivity (Wildman–Crippen MR) is 46.2 cm³/mol. The maximum Gasteiger partial charge on any atom is 0.259 e. The highest BCUT2D eigenvalue weighted by Gasteiger charge is 1.98. The molecule has 5 nitrogen and oxygen atoms in total. The Kier molecular flexibility index (Phi) is 3.87. The number of rotatable bonds is 4. The Morgan fingerprint density at radius 2 is 2.46 bits per heavy atom. The van der Waals surface area contributed by atoms with E-state index in [1.54, 1.807) is 6.20 Å². The fourth-order valence-electron chi connectivity index (χ4n) is 0.773. The van der Waals surface area contributed by atoms with Crippen LogP contribution in [0.15, 0.2) is 24.4 Å². The fraction of sp³-hybridized carbons (Fsp3) is 0.250. The third kappa shape index (κ3) is 3.64. The smallest absolute Gasteiger partial charge is 0.259 e. The molecule has 70 valence electrons. The molecule has 0 aromatic carbocycles. The molecule has 0 atom stereocenters. The first kappa shape index (κ1) is 9.63. The average Bonchev–Trinajstić information content (AvgIpc) is 2.19. The zero-order chi connectivity index (χ0) is 9.52. The Balaban J connectivity index is 2.24. The van der Waals surface area contributed by atoms with Crippen LogP contribution in [0.1, 0.15) is 5.69 Å². The van der Waals surface area contributed by atoms with Crippen molar-refractivity contribution in [2.24, 2.45) is 5.84 Å². The summed E-state index contributed by atoms with van der Waals surface area (Å²) >= 11 is 0. The van der Waals surface area contributed by atoms with E-state index >= 15 is 0 Å². The Bertz CT molecular complexity index is 263. The SMILES string of the molecule is NNC(=O)COCc1ccccn1. The quantitative estimate of drug-likeness (QED) is 0.376. The van der Waals surface area contributed by atoms with Gasteiger partial charge in [0.25, 0.3) is 5.91 Å². The molecule has 1 rings (SSSR count). The molecule has 0 aliphatic carbocycles. The van der Waals surface area contributed by atoms with Crippen LogP contribution in [0.4, 0.5) is 0 Å². The molecule has 0 saturated heterocycles. The van der Waals surface area contributed by atoms with Crippen LogP contribution in [0.25, 0.3) is 0 Å². The summed E-state index contributed by atoms with van der Waals surface area (Å²) in [5.41, 5.74) is 2.75. The Morgan fingerprint density at radius 1 is 1.62 bits per heavy atom. The number of aromatic nitrogens is 1. The minimum absolute atomic E-state index is 0.0485. The number of hydrazine groups is 1.